The van der Waals surface area contributed by atoms with Gasteiger partial charge >= 0.3 is 0 Å². The fraction of sp³-hybridized carbons (Fsp3) is 0.200. The highest BCUT2D eigenvalue weighted by atomic mass is 16.5. The first kappa shape index (κ1) is 24.2. The molecular weight excluding hydrogens is 462 g/mol. The molecule has 0 bridgehead atoms. The fourth-order valence-electron chi connectivity index (χ4n) is 4.58. The summed E-state index contributed by atoms with van der Waals surface area (Å²) in [5, 5.41) is 14.3. The van der Waals surface area contributed by atoms with E-state index in [1.165, 1.54) is 22.8 Å². The molecule has 0 amide bonds. The first-order valence-electron chi connectivity index (χ1n) is 12.5. The van der Waals surface area contributed by atoms with E-state index in [1.807, 2.05) is 18.2 Å². The number of nitrogens with one attached hydrogen (secondary N) is 2. The zero-order valence-electron chi connectivity index (χ0n) is 20.7. The van der Waals surface area contributed by atoms with Crippen molar-refractivity contribution in [3.05, 3.63) is 118 Å². The summed E-state index contributed by atoms with van der Waals surface area (Å²) < 4.78 is 6.28. The van der Waals surface area contributed by atoms with E-state index in [-0.39, 0.29) is 11.7 Å². The second-order valence-corrected chi connectivity index (χ2v) is 9.14. The number of nitrogens with zero attached hydrogens (tertiary/aromatic N) is 3. The SMILES string of the molecule is Cc1ccccc1CC(CCCc1ccc(-c2ccccc2-c2nnn[nH]2)cc1)Oc1cc[nH]c(=O)c1. The van der Waals surface area contributed by atoms with Crippen LogP contribution in [0.3, 0.4) is 0 Å². The third kappa shape index (κ3) is 6.19. The van der Waals surface area contributed by atoms with Gasteiger partial charge in [0.1, 0.15) is 11.9 Å². The molecule has 0 saturated carbocycles. The molecule has 1 atom stereocenters. The van der Waals surface area contributed by atoms with Gasteiger partial charge in [0.05, 0.1) is 0 Å². The average Bonchev–Trinajstić information content (AvgIpc) is 3.45. The Kier molecular flexibility index (Phi) is 7.50. The van der Waals surface area contributed by atoms with Crippen molar-refractivity contribution in [2.45, 2.75) is 38.7 Å². The fourth-order valence-corrected chi connectivity index (χ4v) is 4.58. The standard InChI is InChI=1S/C30H29N5O2/c1-21-7-2-3-9-24(21)19-25(37-26-17-18-31-29(36)20-26)10-6-8-22-13-15-23(16-14-22)27-11-4-5-12-28(27)30-32-34-35-33-30/h2-5,7,9,11-18,20,25H,6,8,10,19H2,1H3,(H,31,36)(H,32,33,34,35). The average molecular weight is 492 g/mol. The Labute approximate surface area is 215 Å². The van der Waals surface area contributed by atoms with Crippen LogP contribution in [0.2, 0.25) is 0 Å². The minimum absolute atomic E-state index is 0.0236. The number of aromatic nitrogens is 5. The molecule has 0 aliphatic rings. The maximum Gasteiger partial charge on any atom is 0.251 e. The van der Waals surface area contributed by atoms with Crippen molar-refractivity contribution in [3.63, 3.8) is 0 Å². The van der Waals surface area contributed by atoms with Gasteiger partial charge in [-0.3, -0.25) is 4.79 Å². The van der Waals surface area contributed by atoms with E-state index in [0.29, 0.717) is 11.6 Å². The Morgan fingerprint density at radius 1 is 0.919 bits per heavy atom. The predicted molar refractivity (Wildman–Crippen MR) is 144 cm³/mol. The van der Waals surface area contributed by atoms with Crippen molar-refractivity contribution < 1.29 is 4.74 Å². The van der Waals surface area contributed by atoms with E-state index < -0.39 is 0 Å². The lowest BCUT2D eigenvalue weighted by atomic mass is 9.96. The number of hydrogen-bond acceptors (Lipinski definition) is 5. The molecule has 0 radical (unpaired) electrons. The Morgan fingerprint density at radius 2 is 1.70 bits per heavy atom. The van der Waals surface area contributed by atoms with Crippen molar-refractivity contribution in [2.75, 3.05) is 0 Å². The molecule has 5 rings (SSSR count). The number of ether oxygens (including phenoxy) is 1. The van der Waals surface area contributed by atoms with Gasteiger partial charge in [-0.2, -0.15) is 0 Å². The quantitative estimate of drug-likeness (QED) is 0.267. The monoisotopic (exact) mass is 491 g/mol. The van der Waals surface area contributed by atoms with Gasteiger partial charge in [0.15, 0.2) is 5.82 Å². The summed E-state index contributed by atoms with van der Waals surface area (Å²) in [6, 6.07) is 28.4. The molecule has 0 spiro atoms. The minimum atomic E-state index is -0.159. The van der Waals surface area contributed by atoms with Crippen molar-refractivity contribution >= 4 is 0 Å². The van der Waals surface area contributed by atoms with Crippen LogP contribution in [0.5, 0.6) is 5.75 Å². The first-order valence-corrected chi connectivity index (χ1v) is 12.5. The van der Waals surface area contributed by atoms with Gasteiger partial charge in [0, 0.05) is 24.2 Å². The van der Waals surface area contributed by atoms with Gasteiger partial charge in [-0.05, 0) is 70.5 Å². The number of pyridine rings is 1. The van der Waals surface area contributed by atoms with Gasteiger partial charge in [0.25, 0.3) is 5.56 Å². The van der Waals surface area contributed by atoms with E-state index in [9.17, 15) is 4.79 Å². The number of hydrogen-bond donors (Lipinski definition) is 2. The topological polar surface area (TPSA) is 96.5 Å². The molecule has 3 aromatic carbocycles. The van der Waals surface area contributed by atoms with Crippen LogP contribution < -0.4 is 10.3 Å². The predicted octanol–water partition coefficient (Wildman–Crippen LogP) is 5.54. The van der Waals surface area contributed by atoms with Crippen LogP contribution in [-0.4, -0.2) is 31.7 Å². The smallest absolute Gasteiger partial charge is 0.251 e. The largest absolute Gasteiger partial charge is 0.490 e. The van der Waals surface area contributed by atoms with Crippen LogP contribution in [0.1, 0.15) is 29.5 Å². The molecule has 7 nitrogen and oxygen atoms in total. The molecule has 37 heavy (non-hydrogen) atoms. The third-order valence-electron chi connectivity index (χ3n) is 6.54. The van der Waals surface area contributed by atoms with Crippen molar-refractivity contribution in [2.24, 2.45) is 0 Å². The van der Waals surface area contributed by atoms with Crippen LogP contribution in [0.15, 0.2) is 95.9 Å². The maximum absolute atomic E-state index is 11.8. The summed E-state index contributed by atoms with van der Waals surface area (Å²) in [5.41, 5.74) is 6.79. The lowest BCUT2D eigenvalue weighted by Gasteiger charge is -2.20. The van der Waals surface area contributed by atoms with Crippen LogP contribution >= 0.6 is 0 Å². The number of aryl methyl sites for hydroxylation is 2. The van der Waals surface area contributed by atoms with Gasteiger partial charge in [-0.15, -0.1) is 5.10 Å². The number of aromatic amines is 2. The number of benzene rings is 3. The van der Waals surface area contributed by atoms with E-state index in [1.54, 1.807) is 12.3 Å². The summed E-state index contributed by atoms with van der Waals surface area (Å²) in [7, 11) is 0. The molecule has 2 N–H and O–H groups in total. The van der Waals surface area contributed by atoms with Gasteiger partial charge < -0.3 is 9.72 Å². The molecule has 0 aliphatic carbocycles. The van der Waals surface area contributed by atoms with E-state index in [4.69, 9.17) is 4.74 Å². The molecule has 0 aliphatic heterocycles. The van der Waals surface area contributed by atoms with E-state index in [2.05, 4.69) is 87.1 Å². The lowest BCUT2D eigenvalue weighted by Crippen LogP contribution is -2.21. The van der Waals surface area contributed by atoms with Gasteiger partial charge in [0.2, 0.25) is 0 Å². The highest BCUT2D eigenvalue weighted by Crippen LogP contribution is 2.30. The summed E-state index contributed by atoms with van der Waals surface area (Å²) in [6.07, 6.45) is 5.19. The van der Waals surface area contributed by atoms with Crippen LogP contribution in [0.4, 0.5) is 0 Å². The summed E-state index contributed by atoms with van der Waals surface area (Å²) in [5.74, 6) is 1.26. The summed E-state index contributed by atoms with van der Waals surface area (Å²) in [4.78, 5) is 14.4. The van der Waals surface area contributed by atoms with Crippen LogP contribution in [0, 0.1) is 6.92 Å². The Hall–Kier alpha value is -4.52. The number of tetrazole rings is 1. The number of H-pyrrole nitrogens is 2. The zero-order chi connectivity index (χ0) is 25.5. The highest BCUT2D eigenvalue weighted by Gasteiger charge is 2.14. The molecule has 1 unspecified atom stereocenters. The normalized spacial score (nSPS) is 11.8. The molecule has 0 saturated heterocycles. The Bertz CT molecular complexity index is 1490. The Balaban J connectivity index is 1.26. The summed E-state index contributed by atoms with van der Waals surface area (Å²) >= 11 is 0. The molecular formula is C30H29N5O2. The maximum atomic E-state index is 11.8. The molecule has 186 valence electrons. The molecule has 2 aromatic heterocycles. The van der Waals surface area contributed by atoms with Crippen LogP contribution in [0.25, 0.3) is 22.5 Å². The molecule has 2 heterocycles. The summed E-state index contributed by atoms with van der Waals surface area (Å²) in [6.45, 7) is 2.12. The lowest BCUT2D eigenvalue weighted by molar-refractivity contribution is 0.188. The molecule has 5 aromatic rings. The first-order chi connectivity index (χ1) is 18.2. The van der Waals surface area contributed by atoms with E-state index in [0.717, 1.165) is 42.4 Å². The Morgan fingerprint density at radius 3 is 2.46 bits per heavy atom. The molecule has 7 heteroatoms. The van der Waals surface area contributed by atoms with E-state index >= 15 is 0 Å². The second-order valence-electron chi connectivity index (χ2n) is 9.14. The van der Waals surface area contributed by atoms with Gasteiger partial charge in [-0.1, -0.05) is 72.8 Å². The van der Waals surface area contributed by atoms with Crippen molar-refractivity contribution in [1.29, 1.82) is 0 Å². The van der Waals surface area contributed by atoms with Crippen LogP contribution in [-0.2, 0) is 12.8 Å². The number of rotatable bonds is 10. The second kappa shape index (κ2) is 11.5. The minimum Gasteiger partial charge on any atom is -0.490 e. The third-order valence-corrected chi connectivity index (χ3v) is 6.54. The zero-order valence-corrected chi connectivity index (χ0v) is 20.7. The van der Waals surface area contributed by atoms with Crippen molar-refractivity contribution in [1.82, 2.24) is 25.6 Å². The van der Waals surface area contributed by atoms with Crippen molar-refractivity contribution in [3.8, 4) is 28.3 Å². The van der Waals surface area contributed by atoms with Gasteiger partial charge in [-0.25, -0.2) is 5.10 Å². The molecule has 0 fully saturated rings. The highest BCUT2D eigenvalue weighted by molar-refractivity contribution is 5.80.